The van der Waals surface area contributed by atoms with Gasteiger partial charge < -0.3 is 15.8 Å². The van der Waals surface area contributed by atoms with E-state index in [9.17, 15) is 9.59 Å². The van der Waals surface area contributed by atoms with E-state index in [0.29, 0.717) is 11.8 Å². The average molecular weight is 320 g/mol. The Morgan fingerprint density at radius 3 is 2.17 bits per heavy atom. The Morgan fingerprint density at radius 2 is 1.65 bits per heavy atom. The van der Waals surface area contributed by atoms with Gasteiger partial charge in [-0.2, -0.15) is 0 Å². The third-order valence-corrected chi connectivity index (χ3v) is 3.71. The third-order valence-electron chi connectivity index (χ3n) is 3.71. The second-order valence-electron chi connectivity index (χ2n) is 6.48. The molecule has 5 heteroatoms. The molecule has 23 heavy (non-hydrogen) atoms. The zero-order chi connectivity index (χ0) is 17.4. The molecular formula is C18H28N2O3. The first kappa shape index (κ1) is 19.2. The lowest BCUT2D eigenvalue weighted by molar-refractivity contribution is -0.146. The summed E-state index contributed by atoms with van der Waals surface area (Å²) in [5, 5.41) is 2.92. The summed E-state index contributed by atoms with van der Waals surface area (Å²) in [6.07, 6.45) is -0.123. The Bertz CT molecular complexity index is 492. The van der Waals surface area contributed by atoms with Crippen molar-refractivity contribution in [3.05, 3.63) is 35.9 Å². The van der Waals surface area contributed by atoms with Gasteiger partial charge in [-0.25, -0.2) is 0 Å². The van der Waals surface area contributed by atoms with Gasteiger partial charge in [-0.05, 0) is 17.4 Å². The highest BCUT2D eigenvalue weighted by molar-refractivity contribution is 5.86. The van der Waals surface area contributed by atoms with Crippen molar-refractivity contribution in [2.24, 2.45) is 17.6 Å². The lowest BCUT2D eigenvalue weighted by Gasteiger charge is -2.27. The van der Waals surface area contributed by atoms with Gasteiger partial charge >= 0.3 is 5.97 Å². The maximum atomic E-state index is 12.1. The number of hydrogen-bond donors (Lipinski definition) is 2. The van der Waals surface area contributed by atoms with E-state index in [1.165, 1.54) is 0 Å². The van der Waals surface area contributed by atoms with Crippen molar-refractivity contribution in [2.45, 2.75) is 52.8 Å². The molecule has 0 aliphatic carbocycles. The Hall–Kier alpha value is -1.88. The molecule has 0 radical (unpaired) electrons. The molecule has 0 fully saturated rings. The molecule has 0 saturated carbocycles. The number of rotatable bonds is 8. The first-order valence-electron chi connectivity index (χ1n) is 8.06. The van der Waals surface area contributed by atoms with Gasteiger partial charge in [-0.1, -0.05) is 58.0 Å². The number of benzene rings is 1. The van der Waals surface area contributed by atoms with Crippen molar-refractivity contribution >= 4 is 11.9 Å². The molecule has 0 spiro atoms. The second kappa shape index (κ2) is 9.30. The lowest BCUT2D eigenvalue weighted by Crippen LogP contribution is -2.49. The van der Waals surface area contributed by atoms with Crippen LogP contribution in [0.15, 0.2) is 30.3 Å². The molecule has 1 atom stereocenters. The van der Waals surface area contributed by atoms with Crippen LogP contribution in [0, 0.1) is 11.8 Å². The highest BCUT2D eigenvalue weighted by Gasteiger charge is 2.24. The number of amides is 1. The number of esters is 1. The van der Waals surface area contributed by atoms with Crippen molar-refractivity contribution in [3.63, 3.8) is 0 Å². The quantitative estimate of drug-likeness (QED) is 0.720. The molecule has 5 nitrogen and oxygen atoms in total. The number of carbonyl (C=O) groups excluding carboxylic acids is 2. The molecule has 0 aliphatic rings. The predicted octanol–water partition coefficient (Wildman–Crippen LogP) is 2.24. The molecule has 1 aromatic carbocycles. The maximum Gasteiger partial charge on any atom is 0.308 e. The summed E-state index contributed by atoms with van der Waals surface area (Å²) in [6.45, 7) is 8.37. The Morgan fingerprint density at radius 1 is 1.09 bits per heavy atom. The molecule has 0 saturated heterocycles. The normalized spacial score (nSPS) is 12.5. The minimum Gasteiger partial charge on any atom is -0.461 e. The van der Waals surface area contributed by atoms with Gasteiger partial charge in [-0.3, -0.25) is 9.59 Å². The number of carbonyl (C=O) groups is 2. The van der Waals surface area contributed by atoms with Crippen LogP contribution in [-0.4, -0.2) is 24.0 Å². The van der Waals surface area contributed by atoms with Crippen LogP contribution in [0.3, 0.4) is 0 Å². The van der Waals surface area contributed by atoms with Crippen LogP contribution >= 0.6 is 0 Å². The summed E-state index contributed by atoms with van der Waals surface area (Å²) in [5.74, 6) is -0.177. The first-order valence-corrected chi connectivity index (χ1v) is 8.06. The fraction of sp³-hybridized carbons (Fsp3) is 0.556. The topological polar surface area (TPSA) is 81.4 Å². The summed E-state index contributed by atoms with van der Waals surface area (Å²) >= 11 is 0. The molecule has 0 aliphatic heterocycles. The van der Waals surface area contributed by atoms with Gasteiger partial charge in [0.2, 0.25) is 5.91 Å². The van der Waals surface area contributed by atoms with Crippen molar-refractivity contribution in [1.29, 1.82) is 0 Å². The third kappa shape index (κ3) is 6.82. The van der Waals surface area contributed by atoms with E-state index in [4.69, 9.17) is 10.5 Å². The Balaban J connectivity index is 2.43. The van der Waals surface area contributed by atoms with E-state index < -0.39 is 12.0 Å². The summed E-state index contributed by atoms with van der Waals surface area (Å²) in [6, 6.07) is 8.53. The largest absolute Gasteiger partial charge is 0.461 e. The van der Waals surface area contributed by atoms with Crippen molar-refractivity contribution in [1.82, 2.24) is 5.32 Å². The van der Waals surface area contributed by atoms with E-state index in [0.717, 1.165) is 5.56 Å². The SMILES string of the molecule is CC(C)C(NC(=O)[C@@H](N)CC(=O)OCc1ccccc1)C(C)C. The first-order chi connectivity index (χ1) is 10.8. The maximum absolute atomic E-state index is 12.1. The fourth-order valence-electron chi connectivity index (χ4n) is 2.44. The molecule has 0 aromatic heterocycles. The minimum atomic E-state index is -0.890. The molecular weight excluding hydrogens is 292 g/mol. The van der Waals surface area contributed by atoms with Crippen molar-refractivity contribution in [2.75, 3.05) is 0 Å². The number of hydrogen-bond acceptors (Lipinski definition) is 4. The Labute approximate surface area is 138 Å². The van der Waals surface area contributed by atoms with Crippen LogP contribution in [0.1, 0.15) is 39.7 Å². The van der Waals surface area contributed by atoms with E-state index >= 15 is 0 Å². The zero-order valence-electron chi connectivity index (χ0n) is 14.4. The van der Waals surface area contributed by atoms with Crippen LogP contribution in [-0.2, 0) is 20.9 Å². The van der Waals surface area contributed by atoms with Gasteiger partial charge in [0.25, 0.3) is 0 Å². The summed E-state index contributed by atoms with van der Waals surface area (Å²) in [7, 11) is 0. The van der Waals surface area contributed by atoms with Crippen molar-refractivity contribution < 1.29 is 14.3 Å². The molecule has 1 amide bonds. The number of nitrogens with one attached hydrogen (secondary N) is 1. The number of ether oxygens (including phenoxy) is 1. The molecule has 0 heterocycles. The second-order valence-corrected chi connectivity index (χ2v) is 6.48. The Kier molecular flexibility index (Phi) is 7.75. The van der Waals surface area contributed by atoms with Crippen LogP contribution in [0.2, 0.25) is 0 Å². The number of nitrogens with two attached hydrogens (primary N) is 1. The van der Waals surface area contributed by atoms with Gasteiger partial charge in [0.15, 0.2) is 0 Å². The lowest BCUT2D eigenvalue weighted by atomic mass is 9.93. The van der Waals surface area contributed by atoms with E-state index in [1.807, 2.05) is 58.0 Å². The summed E-state index contributed by atoms with van der Waals surface area (Å²) < 4.78 is 5.15. The van der Waals surface area contributed by atoms with Crippen molar-refractivity contribution in [3.8, 4) is 0 Å². The smallest absolute Gasteiger partial charge is 0.308 e. The average Bonchev–Trinajstić information content (AvgIpc) is 2.50. The van der Waals surface area contributed by atoms with Gasteiger partial charge in [-0.15, -0.1) is 0 Å². The van der Waals surface area contributed by atoms with Crippen LogP contribution in [0.5, 0.6) is 0 Å². The van der Waals surface area contributed by atoms with Crippen LogP contribution in [0.4, 0.5) is 0 Å². The van der Waals surface area contributed by atoms with E-state index in [2.05, 4.69) is 5.32 Å². The fourth-order valence-corrected chi connectivity index (χ4v) is 2.44. The minimum absolute atomic E-state index is 0.0360. The van der Waals surface area contributed by atoms with Crippen LogP contribution < -0.4 is 11.1 Å². The van der Waals surface area contributed by atoms with E-state index in [-0.39, 0.29) is 25.0 Å². The molecule has 128 valence electrons. The summed E-state index contributed by atoms with van der Waals surface area (Å²) in [5.41, 5.74) is 6.72. The van der Waals surface area contributed by atoms with Gasteiger partial charge in [0, 0.05) is 6.04 Å². The highest BCUT2D eigenvalue weighted by atomic mass is 16.5. The molecule has 1 aromatic rings. The predicted molar refractivity (Wildman–Crippen MR) is 90.4 cm³/mol. The standard InChI is InChI=1S/C18H28N2O3/c1-12(2)17(13(3)4)20-18(22)15(19)10-16(21)23-11-14-8-6-5-7-9-14/h5-9,12-13,15,17H,10-11,19H2,1-4H3,(H,20,22)/t15-/m0/s1. The zero-order valence-corrected chi connectivity index (χ0v) is 14.4. The highest BCUT2D eigenvalue weighted by Crippen LogP contribution is 2.12. The molecule has 0 bridgehead atoms. The summed E-state index contributed by atoms with van der Waals surface area (Å²) in [4.78, 5) is 23.9. The molecule has 0 unspecified atom stereocenters. The van der Waals surface area contributed by atoms with Gasteiger partial charge in [0.1, 0.15) is 6.61 Å². The van der Waals surface area contributed by atoms with E-state index in [1.54, 1.807) is 0 Å². The monoisotopic (exact) mass is 320 g/mol. The van der Waals surface area contributed by atoms with Crippen LogP contribution in [0.25, 0.3) is 0 Å². The molecule has 1 rings (SSSR count). The molecule has 3 N–H and O–H groups in total. The van der Waals surface area contributed by atoms with Gasteiger partial charge in [0.05, 0.1) is 12.5 Å².